The Bertz CT molecular complexity index is 618. The van der Waals surface area contributed by atoms with Gasteiger partial charge in [-0.2, -0.15) is 0 Å². The molecule has 0 saturated heterocycles. The highest BCUT2D eigenvalue weighted by Crippen LogP contribution is 2.36. The molecule has 0 amide bonds. The first-order chi connectivity index (χ1) is 8.91. The van der Waals surface area contributed by atoms with E-state index in [0.29, 0.717) is 0 Å². The average molecular weight is 314 g/mol. The fourth-order valence-corrected chi connectivity index (χ4v) is 3.01. The lowest BCUT2D eigenvalue weighted by atomic mass is 9.95. The van der Waals surface area contributed by atoms with Crippen LogP contribution >= 0.6 is 34.8 Å². The van der Waals surface area contributed by atoms with Crippen LogP contribution in [0.25, 0.3) is 0 Å². The van der Waals surface area contributed by atoms with E-state index in [1.54, 1.807) is 0 Å². The molecule has 0 aliphatic heterocycles. The number of aryl methyl sites for hydroxylation is 2. The van der Waals surface area contributed by atoms with Crippen LogP contribution in [-0.4, -0.2) is 0 Å². The summed E-state index contributed by atoms with van der Waals surface area (Å²) in [4.78, 5) is 0. The Labute approximate surface area is 129 Å². The maximum Gasteiger partial charge on any atom is 0.0841 e. The van der Waals surface area contributed by atoms with Crippen molar-refractivity contribution >= 4 is 34.8 Å². The zero-order chi connectivity index (χ0) is 14.2. The summed E-state index contributed by atoms with van der Waals surface area (Å²) in [5, 5.41) is 1.30. The molecule has 0 aromatic heterocycles. The lowest BCUT2D eigenvalue weighted by Crippen LogP contribution is -2.00. The maximum atomic E-state index is 6.64. The molecule has 0 fully saturated rings. The first kappa shape index (κ1) is 14.7. The van der Waals surface area contributed by atoms with Gasteiger partial charge < -0.3 is 0 Å². The number of hydrogen-bond acceptors (Lipinski definition) is 0. The van der Waals surface area contributed by atoms with Crippen LogP contribution in [0.5, 0.6) is 0 Å². The Morgan fingerprint density at radius 2 is 1.53 bits per heavy atom. The van der Waals surface area contributed by atoms with Crippen LogP contribution < -0.4 is 0 Å². The fraction of sp³-hybridized carbons (Fsp3) is 0.250. The van der Waals surface area contributed by atoms with E-state index < -0.39 is 0 Å². The molecule has 1 atom stereocenters. The quantitative estimate of drug-likeness (QED) is 0.575. The van der Waals surface area contributed by atoms with Gasteiger partial charge >= 0.3 is 0 Å². The van der Waals surface area contributed by atoms with E-state index in [2.05, 4.69) is 6.07 Å². The zero-order valence-electron chi connectivity index (χ0n) is 11.1. The molecule has 100 valence electrons. The lowest BCUT2D eigenvalue weighted by Gasteiger charge is -2.17. The number of hydrogen-bond donors (Lipinski definition) is 0. The van der Waals surface area contributed by atoms with Gasteiger partial charge in [0.2, 0.25) is 0 Å². The molecule has 3 heteroatoms. The second-order valence-corrected chi connectivity index (χ2v) is 6.03. The highest BCUT2D eigenvalue weighted by atomic mass is 35.5. The van der Waals surface area contributed by atoms with Gasteiger partial charge in [-0.15, -0.1) is 11.6 Å². The Hall–Kier alpha value is -0.690. The number of benzene rings is 2. The van der Waals surface area contributed by atoms with Crippen molar-refractivity contribution in [2.24, 2.45) is 0 Å². The van der Waals surface area contributed by atoms with Crippen LogP contribution in [-0.2, 0) is 0 Å². The lowest BCUT2D eigenvalue weighted by molar-refractivity contribution is 1.08. The Morgan fingerprint density at radius 1 is 0.842 bits per heavy atom. The second-order valence-electron chi connectivity index (χ2n) is 4.77. The smallest absolute Gasteiger partial charge is 0.0841 e. The van der Waals surface area contributed by atoms with Crippen molar-refractivity contribution in [2.75, 3.05) is 0 Å². The minimum absolute atomic E-state index is 0.213. The van der Waals surface area contributed by atoms with Crippen LogP contribution in [0.1, 0.15) is 33.2 Å². The van der Waals surface area contributed by atoms with Gasteiger partial charge in [0.25, 0.3) is 0 Å². The van der Waals surface area contributed by atoms with Crippen LogP contribution in [0.2, 0.25) is 10.0 Å². The number of rotatable bonds is 2. The Kier molecular flexibility index (Phi) is 4.45. The van der Waals surface area contributed by atoms with Gasteiger partial charge in [-0.25, -0.2) is 0 Å². The van der Waals surface area contributed by atoms with E-state index in [1.807, 2.05) is 45.0 Å². The van der Waals surface area contributed by atoms with Crippen molar-refractivity contribution in [1.29, 1.82) is 0 Å². The van der Waals surface area contributed by atoms with Gasteiger partial charge in [-0.3, -0.25) is 0 Å². The Morgan fingerprint density at radius 3 is 2.21 bits per heavy atom. The molecule has 2 rings (SSSR count). The normalized spacial score (nSPS) is 12.5. The highest BCUT2D eigenvalue weighted by molar-refractivity contribution is 6.32. The molecule has 0 N–H and O–H groups in total. The number of halogens is 3. The molecular weight excluding hydrogens is 299 g/mol. The predicted molar refractivity (Wildman–Crippen MR) is 84.8 cm³/mol. The minimum atomic E-state index is -0.213. The molecule has 19 heavy (non-hydrogen) atoms. The first-order valence-corrected chi connectivity index (χ1v) is 7.26. The van der Waals surface area contributed by atoms with Crippen LogP contribution in [0.15, 0.2) is 30.3 Å². The average Bonchev–Trinajstić information content (AvgIpc) is 2.36. The predicted octanol–water partition coefficient (Wildman–Crippen LogP) is 6.25. The molecular formula is C16H15Cl3. The topological polar surface area (TPSA) is 0 Å². The van der Waals surface area contributed by atoms with Crippen LogP contribution in [0.4, 0.5) is 0 Å². The van der Waals surface area contributed by atoms with Crippen LogP contribution in [0, 0.1) is 20.8 Å². The van der Waals surface area contributed by atoms with E-state index >= 15 is 0 Å². The summed E-state index contributed by atoms with van der Waals surface area (Å²) in [6, 6.07) is 9.83. The summed E-state index contributed by atoms with van der Waals surface area (Å²) in [5.41, 5.74) is 5.27. The molecule has 0 bridgehead atoms. The Balaban J connectivity index is 2.53. The van der Waals surface area contributed by atoms with E-state index in [9.17, 15) is 0 Å². The van der Waals surface area contributed by atoms with Crippen molar-refractivity contribution in [3.63, 3.8) is 0 Å². The van der Waals surface area contributed by atoms with E-state index in [0.717, 1.165) is 37.9 Å². The fourth-order valence-electron chi connectivity index (χ4n) is 2.14. The van der Waals surface area contributed by atoms with Gasteiger partial charge in [-0.05, 0) is 60.7 Å². The third-order valence-electron chi connectivity index (χ3n) is 3.40. The molecule has 0 aliphatic carbocycles. The third-order valence-corrected chi connectivity index (χ3v) is 4.69. The molecule has 0 heterocycles. The molecule has 0 nitrogen and oxygen atoms in total. The van der Waals surface area contributed by atoms with Crippen molar-refractivity contribution < 1.29 is 0 Å². The minimum Gasteiger partial charge on any atom is -0.113 e. The third kappa shape index (κ3) is 2.91. The van der Waals surface area contributed by atoms with Crippen molar-refractivity contribution in [3.05, 3.63) is 68.2 Å². The molecule has 0 radical (unpaired) electrons. The molecule has 2 aromatic rings. The van der Waals surface area contributed by atoms with Crippen molar-refractivity contribution in [1.82, 2.24) is 0 Å². The van der Waals surface area contributed by atoms with E-state index in [4.69, 9.17) is 34.8 Å². The van der Waals surface area contributed by atoms with Gasteiger partial charge in [-0.1, -0.05) is 41.4 Å². The van der Waals surface area contributed by atoms with Crippen molar-refractivity contribution in [3.8, 4) is 0 Å². The van der Waals surface area contributed by atoms with Crippen LogP contribution in [0.3, 0.4) is 0 Å². The highest BCUT2D eigenvalue weighted by Gasteiger charge is 2.17. The van der Waals surface area contributed by atoms with Gasteiger partial charge in [0.15, 0.2) is 0 Å². The van der Waals surface area contributed by atoms with Gasteiger partial charge in [0, 0.05) is 10.0 Å². The first-order valence-electron chi connectivity index (χ1n) is 6.07. The van der Waals surface area contributed by atoms with E-state index in [1.165, 1.54) is 0 Å². The van der Waals surface area contributed by atoms with E-state index in [-0.39, 0.29) is 5.38 Å². The SMILES string of the molecule is Cc1cc(C(Cl)c2cccc(Cl)c2C)c(C)cc1Cl. The zero-order valence-corrected chi connectivity index (χ0v) is 13.4. The standard InChI is InChI=1S/C16H15Cl3/c1-9-8-15(18)10(2)7-13(9)16(19)12-5-4-6-14(17)11(12)3/h4-8,16H,1-3H3. The number of alkyl halides is 1. The molecule has 0 aliphatic rings. The summed E-state index contributed by atoms with van der Waals surface area (Å²) in [6.45, 7) is 6.00. The summed E-state index contributed by atoms with van der Waals surface area (Å²) in [6.07, 6.45) is 0. The molecule has 0 saturated carbocycles. The molecule has 2 aromatic carbocycles. The van der Waals surface area contributed by atoms with Gasteiger partial charge in [0.05, 0.1) is 5.38 Å². The van der Waals surface area contributed by atoms with Gasteiger partial charge in [0.1, 0.15) is 0 Å². The largest absolute Gasteiger partial charge is 0.113 e. The second kappa shape index (κ2) is 5.75. The summed E-state index contributed by atoms with van der Waals surface area (Å²) in [5.74, 6) is 0. The summed E-state index contributed by atoms with van der Waals surface area (Å²) < 4.78 is 0. The van der Waals surface area contributed by atoms with Crippen molar-refractivity contribution in [2.45, 2.75) is 26.1 Å². The monoisotopic (exact) mass is 312 g/mol. The molecule has 0 spiro atoms. The summed E-state index contributed by atoms with van der Waals surface area (Å²) >= 11 is 18.9. The molecule has 1 unspecified atom stereocenters. The maximum absolute atomic E-state index is 6.64. The summed E-state index contributed by atoms with van der Waals surface area (Å²) in [7, 11) is 0.